The number of aromatic amines is 1. The lowest BCUT2D eigenvalue weighted by atomic mass is 9.96. The fourth-order valence-electron chi connectivity index (χ4n) is 3.24. The van der Waals surface area contributed by atoms with Crippen molar-refractivity contribution in [2.45, 2.75) is 37.3 Å². The minimum atomic E-state index is -2.74. The van der Waals surface area contributed by atoms with Crippen molar-refractivity contribution in [3.8, 4) is 0 Å². The van der Waals surface area contributed by atoms with Gasteiger partial charge in [0.25, 0.3) is 0 Å². The Balaban J connectivity index is 0.000000260. The maximum absolute atomic E-state index is 11.4. The quantitative estimate of drug-likeness (QED) is 0.269. The van der Waals surface area contributed by atoms with Gasteiger partial charge in [0.15, 0.2) is 17.1 Å². The van der Waals surface area contributed by atoms with Crippen LogP contribution >= 0.6 is 0 Å². The first kappa shape index (κ1) is 25.2. The molecule has 3 rings (SSSR count). The normalized spacial score (nSPS) is 15.8. The molecule has 0 aromatic carbocycles. The summed E-state index contributed by atoms with van der Waals surface area (Å²) < 4.78 is 0. The SMILES string of the molecule is C=CC(=O)N[C@@H]1CCCN(c2ncnc3[nH]cnc23)C1.O=C(O)CC(O)(CC(=O)O)C(=O)O. The minimum Gasteiger partial charge on any atom is -0.481 e. The van der Waals surface area contributed by atoms with Gasteiger partial charge in [-0.05, 0) is 18.9 Å². The number of imidazole rings is 1. The van der Waals surface area contributed by atoms with Crippen LogP contribution < -0.4 is 10.2 Å². The molecule has 0 saturated carbocycles. The van der Waals surface area contributed by atoms with Crippen molar-refractivity contribution in [1.82, 2.24) is 25.3 Å². The Bertz CT molecular complexity index is 1020. The lowest BCUT2D eigenvalue weighted by Gasteiger charge is -2.33. The van der Waals surface area contributed by atoms with E-state index in [0.29, 0.717) is 0 Å². The zero-order valence-electron chi connectivity index (χ0n) is 17.5. The average molecular weight is 464 g/mol. The molecular formula is C19H24N6O8. The second kappa shape index (κ2) is 11.0. The number of nitrogens with one attached hydrogen (secondary N) is 2. The average Bonchev–Trinajstić information content (AvgIpc) is 3.22. The van der Waals surface area contributed by atoms with E-state index in [0.717, 1.165) is 42.9 Å². The molecule has 0 aliphatic carbocycles. The van der Waals surface area contributed by atoms with E-state index >= 15 is 0 Å². The van der Waals surface area contributed by atoms with E-state index in [-0.39, 0.29) is 11.9 Å². The van der Waals surface area contributed by atoms with Gasteiger partial charge in [-0.2, -0.15) is 0 Å². The number of piperidine rings is 1. The van der Waals surface area contributed by atoms with Gasteiger partial charge >= 0.3 is 17.9 Å². The van der Waals surface area contributed by atoms with Gasteiger partial charge < -0.3 is 35.6 Å². The molecule has 14 heteroatoms. The molecule has 6 N–H and O–H groups in total. The summed E-state index contributed by atoms with van der Waals surface area (Å²) in [5.41, 5.74) is -1.24. The lowest BCUT2D eigenvalue weighted by Crippen LogP contribution is -2.47. The number of carbonyl (C=O) groups is 4. The first-order chi connectivity index (χ1) is 15.6. The predicted octanol–water partition coefficient (Wildman–Crippen LogP) is -0.625. The highest BCUT2D eigenvalue weighted by Gasteiger charge is 2.40. The van der Waals surface area contributed by atoms with E-state index in [1.165, 1.54) is 12.4 Å². The minimum absolute atomic E-state index is 0.109. The number of fused-ring (bicyclic) bond motifs is 1. The highest BCUT2D eigenvalue weighted by molar-refractivity contribution is 5.88. The summed E-state index contributed by atoms with van der Waals surface area (Å²) in [6.45, 7) is 5.10. The number of carboxylic acids is 3. The van der Waals surface area contributed by atoms with E-state index in [1.807, 2.05) is 0 Å². The number of anilines is 1. The zero-order chi connectivity index (χ0) is 24.6. The molecule has 0 unspecified atom stereocenters. The number of aliphatic hydroxyl groups is 1. The van der Waals surface area contributed by atoms with Gasteiger partial charge in [-0.3, -0.25) is 14.4 Å². The number of carbonyl (C=O) groups excluding carboxylic acids is 1. The molecule has 2 aromatic rings. The third-order valence-electron chi connectivity index (χ3n) is 4.74. The summed E-state index contributed by atoms with van der Waals surface area (Å²) in [5, 5.41) is 36.8. The second-order valence-electron chi connectivity index (χ2n) is 7.27. The molecule has 1 aliphatic rings. The van der Waals surface area contributed by atoms with Crippen LogP contribution in [-0.4, -0.2) is 88.9 Å². The third-order valence-corrected chi connectivity index (χ3v) is 4.74. The highest BCUT2D eigenvalue weighted by atomic mass is 16.4. The number of hydrogen-bond donors (Lipinski definition) is 6. The van der Waals surface area contributed by atoms with Gasteiger partial charge in [0.2, 0.25) is 5.91 Å². The Hall–Kier alpha value is -4.07. The number of aromatic nitrogens is 4. The topological polar surface area (TPSA) is 219 Å². The molecule has 3 heterocycles. The number of aliphatic carboxylic acids is 3. The van der Waals surface area contributed by atoms with Crippen LogP contribution in [0.2, 0.25) is 0 Å². The van der Waals surface area contributed by atoms with Crippen molar-refractivity contribution in [3.63, 3.8) is 0 Å². The highest BCUT2D eigenvalue weighted by Crippen LogP contribution is 2.23. The summed E-state index contributed by atoms with van der Waals surface area (Å²) in [4.78, 5) is 59.8. The first-order valence-corrected chi connectivity index (χ1v) is 9.77. The van der Waals surface area contributed by atoms with Gasteiger partial charge in [0, 0.05) is 19.1 Å². The van der Waals surface area contributed by atoms with Crippen molar-refractivity contribution in [3.05, 3.63) is 25.3 Å². The molecule has 178 valence electrons. The molecular weight excluding hydrogens is 440 g/mol. The van der Waals surface area contributed by atoms with Crippen LogP contribution in [0.4, 0.5) is 5.82 Å². The van der Waals surface area contributed by atoms with Crippen molar-refractivity contribution in [1.29, 1.82) is 0 Å². The van der Waals surface area contributed by atoms with Crippen LogP contribution in [0.3, 0.4) is 0 Å². The number of rotatable bonds is 8. The molecule has 33 heavy (non-hydrogen) atoms. The molecule has 0 radical (unpaired) electrons. The Kier molecular flexibility index (Phi) is 8.39. The molecule has 2 aromatic heterocycles. The molecule has 1 saturated heterocycles. The van der Waals surface area contributed by atoms with Gasteiger partial charge in [0.1, 0.15) is 11.8 Å². The summed E-state index contributed by atoms with van der Waals surface area (Å²) in [7, 11) is 0. The van der Waals surface area contributed by atoms with Crippen LogP contribution in [-0.2, 0) is 19.2 Å². The Morgan fingerprint density at radius 2 is 1.85 bits per heavy atom. The number of amides is 1. The van der Waals surface area contributed by atoms with Crippen LogP contribution in [0.25, 0.3) is 11.2 Å². The Labute approximate surface area is 187 Å². The fraction of sp³-hybridized carbons (Fsp3) is 0.421. The summed E-state index contributed by atoms with van der Waals surface area (Å²) >= 11 is 0. The monoisotopic (exact) mass is 464 g/mol. The summed E-state index contributed by atoms with van der Waals surface area (Å²) in [5.74, 6) is -4.34. The van der Waals surface area contributed by atoms with Crippen LogP contribution in [0.5, 0.6) is 0 Å². The Morgan fingerprint density at radius 3 is 2.42 bits per heavy atom. The number of hydrogen-bond acceptors (Lipinski definition) is 9. The maximum atomic E-state index is 11.4. The van der Waals surface area contributed by atoms with Gasteiger partial charge in [-0.15, -0.1) is 0 Å². The third kappa shape index (κ3) is 6.96. The maximum Gasteiger partial charge on any atom is 0.336 e. The van der Waals surface area contributed by atoms with E-state index in [4.69, 9.17) is 20.4 Å². The zero-order valence-corrected chi connectivity index (χ0v) is 17.5. The molecule has 14 nitrogen and oxygen atoms in total. The second-order valence-corrected chi connectivity index (χ2v) is 7.27. The van der Waals surface area contributed by atoms with Gasteiger partial charge in [0.05, 0.1) is 19.2 Å². The van der Waals surface area contributed by atoms with E-state index in [1.54, 1.807) is 6.33 Å². The number of nitrogens with zero attached hydrogens (tertiary/aromatic N) is 4. The van der Waals surface area contributed by atoms with Crippen molar-refractivity contribution >= 4 is 40.8 Å². The van der Waals surface area contributed by atoms with Crippen LogP contribution in [0, 0.1) is 0 Å². The molecule has 1 aliphatic heterocycles. The molecule has 0 spiro atoms. The number of H-pyrrole nitrogens is 1. The van der Waals surface area contributed by atoms with Gasteiger partial charge in [-0.1, -0.05) is 6.58 Å². The van der Waals surface area contributed by atoms with E-state index < -0.39 is 36.4 Å². The van der Waals surface area contributed by atoms with E-state index in [9.17, 15) is 19.2 Å². The Morgan fingerprint density at radius 1 is 1.18 bits per heavy atom. The van der Waals surface area contributed by atoms with Crippen LogP contribution in [0.15, 0.2) is 25.3 Å². The van der Waals surface area contributed by atoms with Gasteiger partial charge in [-0.25, -0.2) is 19.7 Å². The first-order valence-electron chi connectivity index (χ1n) is 9.77. The van der Waals surface area contributed by atoms with Crippen molar-refractivity contribution < 1.29 is 39.6 Å². The predicted molar refractivity (Wildman–Crippen MR) is 112 cm³/mol. The summed E-state index contributed by atoms with van der Waals surface area (Å²) in [6, 6.07) is 0.109. The largest absolute Gasteiger partial charge is 0.481 e. The fourth-order valence-corrected chi connectivity index (χ4v) is 3.24. The summed E-state index contributed by atoms with van der Waals surface area (Å²) in [6.07, 6.45) is 4.12. The van der Waals surface area contributed by atoms with Crippen molar-refractivity contribution in [2.75, 3.05) is 18.0 Å². The number of carboxylic acid groups (broad SMARTS) is 3. The van der Waals surface area contributed by atoms with Crippen molar-refractivity contribution in [2.24, 2.45) is 0 Å². The molecule has 0 bridgehead atoms. The van der Waals surface area contributed by atoms with E-state index in [2.05, 4.69) is 36.7 Å². The smallest absolute Gasteiger partial charge is 0.336 e. The standard InChI is InChI=1S/C13H16N6O.C6H8O7/c1-2-10(20)18-9-4-3-5-19(6-9)13-11-12(15-7-14-11)16-8-17-13;7-3(8)1-6(13,5(11)12)2-4(9)10/h2,7-9H,1,3-6H2,(H,18,20)(H,14,15,16,17);13H,1-2H2,(H,7,8)(H,9,10)(H,11,12)/t9-;/m1./s1. The molecule has 1 atom stereocenters. The van der Waals surface area contributed by atoms with Crippen LogP contribution in [0.1, 0.15) is 25.7 Å². The lowest BCUT2D eigenvalue weighted by molar-refractivity contribution is -0.170. The molecule has 1 amide bonds. The molecule has 1 fully saturated rings.